The Morgan fingerprint density at radius 3 is 2.80 bits per heavy atom. The number of likely N-dealkylation sites (N-methyl/N-ethyl adjacent to an activating group) is 1. The molecule has 3 rings (SSSR count). The highest BCUT2D eigenvalue weighted by Crippen LogP contribution is 2.25. The van der Waals surface area contributed by atoms with Crippen LogP contribution >= 0.6 is 11.8 Å². The minimum Gasteiger partial charge on any atom is -0.345 e. The number of pyridine rings is 2. The van der Waals surface area contributed by atoms with Crippen molar-refractivity contribution in [3.63, 3.8) is 0 Å². The molecule has 2 aromatic rings. The maximum Gasteiger partial charge on any atom is 0.256 e. The molecular weight excluding hydrogens is 396 g/mol. The number of thioether (sulfide) groups is 1. The van der Waals surface area contributed by atoms with E-state index in [4.69, 9.17) is 0 Å². The van der Waals surface area contributed by atoms with Gasteiger partial charge < -0.3 is 9.80 Å². The first-order chi connectivity index (χ1) is 14.6. The molecular formula is C23H30N4O2S. The number of hydrogen-bond donors (Lipinski definition) is 0. The van der Waals surface area contributed by atoms with Crippen LogP contribution in [0, 0.1) is 5.92 Å². The topological polar surface area (TPSA) is 66.4 Å². The van der Waals surface area contributed by atoms with Crippen molar-refractivity contribution in [2.24, 2.45) is 5.92 Å². The van der Waals surface area contributed by atoms with Crippen molar-refractivity contribution in [3.8, 4) is 0 Å². The predicted octanol–water partition coefficient (Wildman–Crippen LogP) is 3.53. The van der Waals surface area contributed by atoms with Crippen molar-refractivity contribution < 1.29 is 9.59 Å². The van der Waals surface area contributed by atoms with E-state index in [1.165, 1.54) is 11.8 Å². The third-order valence-electron chi connectivity index (χ3n) is 5.62. The molecule has 0 N–H and O–H groups in total. The first-order valence-electron chi connectivity index (χ1n) is 10.5. The van der Waals surface area contributed by atoms with Gasteiger partial charge in [0, 0.05) is 57.6 Å². The molecule has 2 aromatic heterocycles. The number of piperidine rings is 1. The Kier molecular flexibility index (Phi) is 8.25. The lowest BCUT2D eigenvalue weighted by Crippen LogP contribution is -2.40. The van der Waals surface area contributed by atoms with Crippen LogP contribution < -0.4 is 0 Å². The smallest absolute Gasteiger partial charge is 0.256 e. The lowest BCUT2D eigenvalue weighted by molar-refractivity contribution is -0.130. The van der Waals surface area contributed by atoms with Crippen LogP contribution in [0.4, 0.5) is 0 Å². The first-order valence-corrected chi connectivity index (χ1v) is 11.7. The van der Waals surface area contributed by atoms with Gasteiger partial charge in [0.25, 0.3) is 5.91 Å². The summed E-state index contributed by atoms with van der Waals surface area (Å²) in [5, 5.41) is 0.773. The van der Waals surface area contributed by atoms with Gasteiger partial charge in [-0.05, 0) is 55.7 Å². The van der Waals surface area contributed by atoms with Crippen molar-refractivity contribution in [2.75, 3.05) is 32.9 Å². The van der Waals surface area contributed by atoms with Gasteiger partial charge in [0.1, 0.15) is 5.03 Å². The predicted molar refractivity (Wildman–Crippen MR) is 119 cm³/mol. The molecule has 0 saturated carbocycles. The van der Waals surface area contributed by atoms with Gasteiger partial charge in [-0.2, -0.15) is 0 Å². The molecule has 0 aromatic carbocycles. The SMILES string of the molecule is CSc1ncccc1C(=O)N1CCCC(CCC(=O)N(C)CCc2ccccn2)C1. The molecule has 7 heteroatoms. The second-order valence-electron chi connectivity index (χ2n) is 7.74. The molecule has 30 heavy (non-hydrogen) atoms. The van der Waals surface area contributed by atoms with Gasteiger partial charge in [0.2, 0.25) is 5.91 Å². The molecule has 0 spiro atoms. The van der Waals surface area contributed by atoms with E-state index in [1.54, 1.807) is 17.3 Å². The number of hydrogen-bond acceptors (Lipinski definition) is 5. The van der Waals surface area contributed by atoms with E-state index in [0.717, 1.165) is 42.9 Å². The molecule has 3 heterocycles. The fourth-order valence-corrected chi connectivity index (χ4v) is 4.38. The maximum absolute atomic E-state index is 13.0. The molecule has 1 fully saturated rings. The van der Waals surface area contributed by atoms with Gasteiger partial charge >= 0.3 is 0 Å². The van der Waals surface area contributed by atoms with Crippen LogP contribution in [-0.4, -0.2) is 64.5 Å². The van der Waals surface area contributed by atoms with Gasteiger partial charge in [0.05, 0.1) is 5.56 Å². The molecule has 1 saturated heterocycles. The normalized spacial score (nSPS) is 16.3. The fourth-order valence-electron chi connectivity index (χ4n) is 3.84. The second kappa shape index (κ2) is 11.1. The minimum absolute atomic E-state index is 0.0518. The van der Waals surface area contributed by atoms with Crippen LogP contribution in [0.2, 0.25) is 0 Å². The highest BCUT2D eigenvalue weighted by Gasteiger charge is 2.26. The number of carbonyl (C=O) groups excluding carboxylic acids is 2. The average molecular weight is 427 g/mol. The second-order valence-corrected chi connectivity index (χ2v) is 8.54. The molecule has 1 atom stereocenters. The standard InChI is InChI=1S/C23H30N4O2S/c1-26(16-12-19-8-3-4-13-24-19)21(28)11-10-18-7-6-15-27(17-18)23(29)20-9-5-14-25-22(20)30-2/h3-5,8-9,13-14,18H,6-7,10-12,15-17H2,1-2H3. The lowest BCUT2D eigenvalue weighted by Gasteiger charge is -2.33. The number of amides is 2. The van der Waals surface area contributed by atoms with E-state index >= 15 is 0 Å². The van der Waals surface area contributed by atoms with E-state index in [-0.39, 0.29) is 11.8 Å². The van der Waals surface area contributed by atoms with Crippen LogP contribution in [0.5, 0.6) is 0 Å². The molecule has 1 aliphatic rings. The maximum atomic E-state index is 13.0. The Morgan fingerprint density at radius 1 is 1.20 bits per heavy atom. The van der Waals surface area contributed by atoms with Crippen LogP contribution in [0.25, 0.3) is 0 Å². The number of nitrogens with zero attached hydrogens (tertiary/aromatic N) is 4. The van der Waals surface area contributed by atoms with E-state index in [1.807, 2.05) is 48.5 Å². The highest BCUT2D eigenvalue weighted by atomic mass is 32.2. The fraction of sp³-hybridized carbons (Fsp3) is 0.478. The highest BCUT2D eigenvalue weighted by molar-refractivity contribution is 7.98. The molecule has 2 amide bonds. The zero-order valence-corrected chi connectivity index (χ0v) is 18.6. The number of aromatic nitrogens is 2. The summed E-state index contributed by atoms with van der Waals surface area (Å²) >= 11 is 1.50. The molecule has 160 valence electrons. The largest absolute Gasteiger partial charge is 0.345 e. The Bertz CT molecular complexity index is 846. The molecule has 1 aliphatic heterocycles. The molecule has 0 bridgehead atoms. The summed E-state index contributed by atoms with van der Waals surface area (Å²) in [5.74, 6) is 0.576. The molecule has 6 nitrogen and oxygen atoms in total. The van der Waals surface area contributed by atoms with Crippen molar-refractivity contribution >= 4 is 23.6 Å². The molecule has 0 radical (unpaired) electrons. The average Bonchev–Trinajstić information content (AvgIpc) is 2.81. The van der Waals surface area contributed by atoms with Gasteiger partial charge in [-0.3, -0.25) is 14.6 Å². The van der Waals surface area contributed by atoms with E-state index < -0.39 is 0 Å². The Labute approximate surface area is 183 Å². The first kappa shape index (κ1) is 22.3. The third-order valence-corrected chi connectivity index (χ3v) is 6.33. The van der Waals surface area contributed by atoms with Crippen molar-refractivity contribution in [1.29, 1.82) is 0 Å². The Balaban J connectivity index is 1.47. The Hall–Kier alpha value is -2.41. The van der Waals surface area contributed by atoms with E-state index in [9.17, 15) is 9.59 Å². The van der Waals surface area contributed by atoms with E-state index in [2.05, 4.69) is 9.97 Å². The third kappa shape index (κ3) is 6.05. The summed E-state index contributed by atoms with van der Waals surface area (Å²) in [6, 6.07) is 9.51. The monoisotopic (exact) mass is 426 g/mol. The van der Waals surface area contributed by atoms with Crippen LogP contribution in [0.1, 0.15) is 41.7 Å². The van der Waals surface area contributed by atoms with Crippen LogP contribution in [-0.2, 0) is 11.2 Å². The number of carbonyl (C=O) groups is 2. The van der Waals surface area contributed by atoms with Crippen molar-refractivity contribution in [3.05, 3.63) is 54.0 Å². The zero-order chi connectivity index (χ0) is 21.3. The van der Waals surface area contributed by atoms with Gasteiger partial charge in [-0.25, -0.2) is 4.98 Å². The molecule has 1 unspecified atom stereocenters. The Morgan fingerprint density at radius 2 is 2.03 bits per heavy atom. The van der Waals surface area contributed by atoms with Gasteiger partial charge in [0.15, 0.2) is 0 Å². The molecule has 0 aliphatic carbocycles. The number of rotatable bonds is 8. The summed E-state index contributed by atoms with van der Waals surface area (Å²) in [7, 11) is 1.86. The number of likely N-dealkylation sites (tertiary alicyclic amines) is 1. The van der Waals surface area contributed by atoms with E-state index in [0.29, 0.717) is 31.0 Å². The van der Waals surface area contributed by atoms with Crippen LogP contribution in [0.3, 0.4) is 0 Å². The van der Waals surface area contributed by atoms with Crippen molar-refractivity contribution in [2.45, 2.75) is 37.1 Å². The zero-order valence-electron chi connectivity index (χ0n) is 17.8. The summed E-state index contributed by atoms with van der Waals surface area (Å²) in [5.41, 5.74) is 1.68. The van der Waals surface area contributed by atoms with Crippen LogP contribution in [0.15, 0.2) is 47.8 Å². The summed E-state index contributed by atoms with van der Waals surface area (Å²) in [4.78, 5) is 37.9. The van der Waals surface area contributed by atoms with Gasteiger partial charge in [-0.15, -0.1) is 11.8 Å². The lowest BCUT2D eigenvalue weighted by atomic mass is 9.92. The van der Waals surface area contributed by atoms with Gasteiger partial charge in [-0.1, -0.05) is 6.07 Å². The summed E-state index contributed by atoms with van der Waals surface area (Å²) < 4.78 is 0. The quantitative estimate of drug-likeness (QED) is 0.604. The van der Waals surface area contributed by atoms with Crippen molar-refractivity contribution in [1.82, 2.24) is 19.8 Å². The minimum atomic E-state index is 0.0518. The summed E-state index contributed by atoms with van der Waals surface area (Å²) in [6.07, 6.45) is 9.59. The summed E-state index contributed by atoms with van der Waals surface area (Å²) in [6.45, 7) is 2.16.